The van der Waals surface area contributed by atoms with E-state index in [4.69, 9.17) is 4.74 Å². The Morgan fingerprint density at radius 2 is 2.45 bits per heavy atom. The second-order valence-electron chi connectivity index (χ2n) is 2.81. The van der Waals surface area contributed by atoms with Gasteiger partial charge in [0.05, 0.1) is 5.92 Å². The van der Waals surface area contributed by atoms with Gasteiger partial charge in [0.15, 0.2) is 0 Å². The molecular formula is C8H12O3. The van der Waals surface area contributed by atoms with Gasteiger partial charge in [0, 0.05) is 6.42 Å². The largest absolute Gasteiger partial charge is 0.462 e. The molecule has 1 saturated carbocycles. The van der Waals surface area contributed by atoms with E-state index in [-0.39, 0.29) is 18.0 Å². The summed E-state index contributed by atoms with van der Waals surface area (Å²) in [6.07, 6.45) is 2.73. The zero-order valence-electron chi connectivity index (χ0n) is 6.58. The minimum Gasteiger partial charge on any atom is -0.462 e. The van der Waals surface area contributed by atoms with Gasteiger partial charge in [-0.2, -0.15) is 0 Å². The number of hydrogen-bond acceptors (Lipinski definition) is 3. The third-order valence-corrected chi connectivity index (χ3v) is 1.69. The predicted molar refractivity (Wildman–Crippen MR) is 39.0 cm³/mol. The van der Waals surface area contributed by atoms with Crippen LogP contribution in [0.1, 0.15) is 26.2 Å². The van der Waals surface area contributed by atoms with Gasteiger partial charge < -0.3 is 9.53 Å². The number of carbonyl (C=O) groups excluding carboxylic acids is 2. The Bertz CT molecular complexity index is 165. The van der Waals surface area contributed by atoms with Crippen molar-refractivity contribution in [3.05, 3.63) is 0 Å². The van der Waals surface area contributed by atoms with Gasteiger partial charge in [-0.05, 0) is 12.8 Å². The Morgan fingerprint density at radius 3 is 2.91 bits per heavy atom. The van der Waals surface area contributed by atoms with Crippen LogP contribution in [0.3, 0.4) is 0 Å². The third-order valence-electron chi connectivity index (χ3n) is 1.69. The standard InChI is InChI=1S/C8H12O3/c1-2-3-8(10)11-7-4-6(7)5-9/h5-7H,2-4H2,1H3/t6-,7-/m1/s1. The first kappa shape index (κ1) is 8.24. The Morgan fingerprint density at radius 1 is 1.73 bits per heavy atom. The summed E-state index contributed by atoms with van der Waals surface area (Å²) in [6, 6.07) is 0. The first-order valence-electron chi connectivity index (χ1n) is 3.92. The van der Waals surface area contributed by atoms with E-state index in [2.05, 4.69) is 0 Å². The van der Waals surface area contributed by atoms with Gasteiger partial charge in [-0.15, -0.1) is 0 Å². The fourth-order valence-electron chi connectivity index (χ4n) is 0.900. The van der Waals surface area contributed by atoms with E-state index < -0.39 is 0 Å². The molecule has 0 aliphatic heterocycles. The topological polar surface area (TPSA) is 43.4 Å². The van der Waals surface area contributed by atoms with E-state index >= 15 is 0 Å². The van der Waals surface area contributed by atoms with Crippen molar-refractivity contribution < 1.29 is 14.3 Å². The van der Waals surface area contributed by atoms with E-state index in [9.17, 15) is 9.59 Å². The Kier molecular flexibility index (Phi) is 2.63. The summed E-state index contributed by atoms with van der Waals surface area (Å²) in [5.41, 5.74) is 0. The van der Waals surface area contributed by atoms with E-state index in [1.54, 1.807) is 0 Å². The van der Waals surface area contributed by atoms with Gasteiger partial charge in [-0.1, -0.05) is 6.92 Å². The monoisotopic (exact) mass is 156 g/mol. The number of ether oxygens (including phenoxy) is 1. The number of hydrogen-bond donors (Lipinski definition) is 0. The first-order valence-corrected chi connectivity index (χ1v) is 3.92. The molecule has 1 fully saturated rings. The molecule has 62 valence electrons. The lowest BCUT2D eigenvalue weighted by atomic mass is 10.3. The molecule has 0 N–H and O–H groups in total. The fourth-order valence-corrected chi connectivity index (χ4v) is 0.900. The minimum atomic E-state index is -0.179. The van der Waals surface area contributed by atoms with Crippen LogP contribution in [-0.2, 0) is 14.3 Å². The van der Waals surface area contributed by atoms with Gasteiger partial charge in [0.1, 0.15) is 12.4 Å². The van der Waals surface area contributed by atoms with Crippen LogP contribution >= 0.6 is 0 Å². The molecule has 0 aromatic carbocycles. The Hall–Kier alpha value is -0.860. The highest BCUT2D eigenvalue weighted by Gasteiger charge is 2.40. The fraction of sp³-hybridized carbons (Fsp3) is 0.750. The van der Waals surface area contributed by atoms with Crippen molar-refractivity contribution in [1.29, 1.82) is 0 Å². The molecule has 0 spiro atoms. The molecule has 3 nitrogen and oxygen atoms in total. The van der Waals surface area contributed by atoms with E-state index in [0.29, 0.717) is 6.42 Å². The van der Waals surface area contributed by atoms with Crippen LogP contribution in [0.4, 0.5) is 0 Å². The molecule has 1 aliphatic rings. The third kappa shape index (κ3) is 2.33. The quantitative estimate of drug-likeness (QED) is 0.449. The van der Waals surface area contributed by atoms with Crippen LogP contribution in [0.25, 0.3) is 0 Å². The van der Waals surface area contributed by atoms with E-state index in [1.165, 1.54) is 0 Å². The van der Waals surface area contributed by atoms with Crippen molar-refractivity contribution in [2.45, 2.75) is 32.3 Å². The zero-order chi connectivity index (χ0) is 8.27. The average molecular weight is 156 g/mol. The summed E-state index contributed by atoms with van der Waals surface area (Å²) in [4.78, 5) is 20.9. The normalized spacial score (nSPS) is 27.7. The predicted octanol–water partition coefficient (Wildman–Crippen LogP) is 0.917. The molecule has 11 heavy (non-hydrogen) atoms. The number of rotatable bonds is 4. The molecule has 0 aromatic heterocycles. The molecule has 1 rings (SSSR count). The molecule has 0 bridgehead atoms. The summed E-state index contributed by atoms with van der Waals surface area (Å²) in [5, 5.41) is 0. The molecule has 0 unspecified atom stereocenters. The lowest BCUT2D eigenvalue weighted by molar-refractivity contribution is -0.145. The second-order valence-corrected chi connectivity index (χ2v) is 2.81. The highest BCUT2D eigenvalue weighted by atomic mass is 16.5. The van der Waals surface area contributed by atoms with Crippen LogP contribution < -0.4 is 0 Å². The molecule has 0 saturated heterocycles. The average Bonchev–Trinajstić information content (AvgIpc) is 2.68. The van der Waals surface area contributed by atoms with Crippen molar-refractivity contribution in [3.63, 3.8) is 0 Å². The van der Waals surface area contributed by atoms with Gasteiger partial charge in [-0.3, -0.25) is 4.79 Å². The van der Waals surface area contributed by atoms with E-state index in [0.717, 1.165) is 19.1 Å². The van der Waals surface area contributed by atoms with Gasteiger partial charge in [-0.25, -0.2) is 0 Å². The highest BCUT2D eigenvalue weighted by molar-refractivity contribution is 5.71. The molecule has 3 heteroatoms. The molecule has 0 radical (unpaired) electrons. The summed E-state index contributed by atoms with van der Waals surface area (Å²) in [6.45, 7) is 1.92. The maximum Gasteiger partial charge on any atom is 0.306 e. The lowest BCUT2D eigenvalue weighted by Gasteiger charge is -1.99. The second kappa shape index (κ2) is 3.51. The molecule has 1 aliphatic carbocycles. The van der Waals surface area contributed by atoms with Crippen LogP contribution in [0.2, 0.25) is 0 Å². The van der Waals surface area contributed by atoms with Crippen molar-refractivity contribution in [1.82, 2.24) is 0 Å². The Balaban J connectivity index is 2.12. The summed E-state index contributed by atoms with van der Waals surface area (Å²) < 4.78 is 4.94. The first-order chi connectivity index (χ1) is 5.27. The van der Waals surface area contributed by atoms with Crippen molar-refractivity contribution >= 4 is 12.3 Å². The molecule has 2 atom stereocenters. The molecule has 0 aromatic rings. The summed E-state index contributed by atoms with van der Waals surface area (Å²) >= 11 is 0. The van der Waals surface area contributed by atoms with Crippen LogP contribution in [0, 0.1) is 5.92 Å². The van der Waals surface area contributed by atoms with Crippen molar-refractivity contribution in [2.24, 2.45) is 5.92 Å². The molecular weight excluding hydrogens is 144 g/mol. The maximum absolute atomic E-state index is 10.8. The Labute approximate surface area is 65.7 Å². The van der Waals surface area contributed by atoms with Crippen molar-refractivity contribution in [3.8, 4) is 0 Å². The molecule has 0 heterocycles. The smallest absolute Gasteiger partial charge is 0.306 e. The number of carbonyl (C=O) groups is 2. The van der Waals surface area contributed by atoms with Gasteiger partial charge in [0.25, 0.3) is 0 Å². The van der Waals surface area contributed by atoms with Gasteiger partial charge >= 0.3 is 5.97 Å². The zero-order valence-corrected chi connectivity index (χ0v) is 6.58. The number of esters is 1. The van der Waals surface area contributed by atoms with E-state index in [1.807, 2.05) is 6.92 Å². The summed E-state index contributed by atoms with van der Waals surface area (Å²) in [5.74, 6) is -0.197. The van der Waals surface area contributed by atoms with Crippen LogP contribution in [0.15, 0.2) is 0 Å². The van der Waals surface area contributed by atoms with Crippen LogP contribution in [-0.4, -0.2) is 18.4 Å². The SMILES string of the molecule is CCCC(=O)O[C@@H]1C[C@@H]1C=O. The van der Waals surface area contributed by atoms with Gasteiger partial charge in [0.2, 0.25) is 0 Å². The molecule has 0 amide bonds. The number of aldehydes is 1. The van der Waals surface area contributed by atoms with Crippen molar-refractivity contribution in [2.75, 3.05) is 0 Å². The summed E-state index contributed by atoms with van der Waals surface area (Å²) in [7, 11) is 0. The lowest BCUT2D eigenvalue weighted by Crippen LogP contribution is -2.07. The highest BCUT2D eigenvalue weighted by Crippen LogP contribution is 2.31. The minimum absolute atomic E-state index is 0.0178. The van der Waals surface area contributed by atoms with Crippen LogP contribution in [0.5, 0.6) is 0 Å². The maximum atomic E-state index is 10.8.